The molecule has 3 nitrogen and oxygen atoms in total. The second-order valence-corrected chi connectivity index (χ2v) is 3.28. The SMILES string of the molecule is CC(CN)(CO)c1ccncc1F. The van der Waals surface area contributed by atoms with Crippen LogP contribution in [0.5, 0.6) is 0 Å². The van der Waals surface area contributed by atoms with Gasteiger partial charge >= 0.3 is 0 Å². The Bertz CT molecular complexity index is 287. The van der Waals surface area contributed by atoms with Gasteiger partial charge in [-0.3, -0.25) is 4.98 Å². The lowest BCUT2D eigenvalue weighted by Gasteiger charge is -2.25. The predicted molar refractivity (Wildman–Crippen MR) is 47.7 cm³/mol. The van der Waals surface area contributed by atoms with Crippen LogP contribution < -0.4 is 5.73 Å². The molecule has 0 aliphatic heterocycles. The van der Waals surface area contributed by atoms with Crippen LogP contribution in [0, 0.1) is 5.82 Å². The first-order chi connectivity index (χ1) is 6.14. The van der Waals surface area contributed by atoms with Crippen molar-refractivity contribution in [3.63, 3.8) is 0 Å². The smallest absolute Gasteiger partial charge is 0.145 e. The van der Waals surface area contributed by atoms with Crippen molar-refractivity contribution in [2.75, 3.05) is 13.2 Å². The number of hydrogen-bond donors (Lipinski definition) is 2. The summed E-state index contributed by atoms with van der Waals surface area (Å²) in [6.45, 7) is 1.74. The fraction of sp³-hybridized carbons (Fsp3) is 0.444. The van der Waals surface area contributed by atoms with Crippen molar-refractivity contribution in [1.82, 2.24) is 4.98 Å². The summed E-state index contributed by atoms with van der Waals surface area (Å²) in [5.74, 6) is -0.426. The molecule has 0 aromatic carbocycles. The summed E-state index contributed by atoms with van der Waals surface area (Å²) in [4.78, 5) is 3.63. The van der Waals surface area contributed by atoms with Gasteiger partial charge in [0.15, 0.2) is 0 Å². The zero-order valence-corrected chi connectivity index (χ0v) is 7.50. The van der Waals surface area contributed by atoms with E-state index >= 15 is 0 Å². The molecule has 0 saturated carbocycles. The number of nitrogens with two attached hydrogens (primary N) is 1. The third-order valence-electron chi connectivity index (χ3n) is 2.22. The zero-order valence-electron chi connectivity index (χ0n) is 7.50. The molecule has 0 spiro atoms. The molecule has 0 aliphatic carbocycles. The van der Waals surface area contributed by atoms with Gasteiger partial charge in [0.2, 0.25) is 0 Å². The topological polar surface area (TPSA) is 59.1 Å². The Morgan fingerprint density at radius 2 is 2.38 bits per heavy atom. The molecular formula is C9H13FN2O. The van der Waals surface area contributed by atoms with E-state index in [2.05, 4.69) is 4.98 Å². The number of hydrogen-bond acceptors (Lipinski definition) is 3. The van der Waals surface area contributed by atoms with Gasteiger partial charge in [-0.15, -0.1) is 0 Å². The van der Waals surface area contributed by atoms with Crippen LogP contribution in [0.3, 0.4) is 0 Å². The quantitative estimate of drug-likeness (QED) is 0.716. The number of aliphatic hydroxyl groups is 1. The molecule has 1 aromatic heterocycles. The Kier molecular flexibility index (Phi) is 2.95. The van der Waals surface area contributed by atoms with Crippen molar-refractivity contribution in [2.45, 2.75) is 12.3 Å². The summed E-state index contributed by atoms with van der Waals surface area (Å²) in [5.41, 5.74) is 5.17. The van der Waals surface area contributed by atoms with Crippen molar-refractivity contribution >= 4 is 0 Å². The van der Waals surface area contributed by atoms with Crippen molar-refractivity contribution in [3.8, 4) is 0 Å². The van der Waals surface area contributed by atoms with Crippen LogP contribution in [0.15, 0.2) is 18.5 Å². The van der Waals surface area contributed by atoms with Crippen LogP contribution in [0.4, 0.5) is 4.39 Å². The summed E-state index contributed by atoms with van der Waals surface area (Å²) in [6, 6.07) is 1.54. The molecule has 72 valence electrons. The largest absolute Gasteiger partial charge is 0.395 e. The van der Waals surface area contributed by atoms with E-state index < -0.39 is 11.2 Å². The average Bonchev–Trinajstić information content (AvgIpc) is 2.17. The van der Waals surface area contributed by atoms with Gasteiger partial charge in [0.25, 0.3) is 0 Å². The van der Waals surface area contributed by atoms with Gasteiger partial charge in [0.05, 0.1) is 12.8 Å². The minimum absolute atomic E-state index is 0.176. The fourth-order valence-corrected chi connectivity index (χ4v) is 1.12. The van der Waals surface area contributed by atoms with E-state index in [0.717, 1.165) is 6.20 Å². The maximum Gasteiger partial charge on any atom is 0.145 e. The highest BCUT2D eigenvalue weighted by molar-refractivity contribution is 5.24. The van der Waals surface area contributed by atoms with Gasteiger partial charge in [-0.1, -0.05) is 6.92 Å². The number of halogens is 1. The molecule has 1 atom stereocenters. The molecule has 3 N–H and O–H groups in total. The van der Waals surface area contributed by atoms with Crippen molar-refractivity contribution < 1.29 is 9.50 Å². The van der Waals surface area contributed by atoms with Gasteiger partial charge in [-0.2, -0.15) is 0 Å². The molecule has 0 aliphatic rings. The van der Waals surface area contributed by atoms with Crippen molar-refractivity contribution in [3.05, 3.63) is 29.8 Å². The molecule has 4 heteroatoms. The van der Waals surface area contributed by atoms with Gasteiger partial charge in [-0.25, -0.2) is 4.39 Å². The molecule has 0 bridgehead atoms. The van der Waals surface area contributed by atoms with Gasteiger partial charge < -0.3 is 10.8 Å². The second kappa shape index (κ2) is 3.81. The Hall–Kier alpha value is -1.00. The van der Waals surface area contributed by atoms with E-state index in [1.165, 1.54) is 6.20 Å². The molecule has 0 fully saturated rings. The lowest BCUT2D eigenvalue weighted by Crippen LogP contribution is -2.36. The number of aromatic nitrogens is 1. The highest BCUT2D eigenvalue weighted by atomic mass is 19.1. The van der Waals surface area contributed by atoms with Crippen LogP contribution in [0.2, 0.25) is 0 Å². The minimum Gasteiger partial charge on any atom is -0.395 e. The third kappa shape index (κ3) is 1.84. The molecule has 0 saturated heterocycles. The Morgan fingerprint density at radius 1 is 1.69 bits per heavy atom. The summed E-state index contributed by atoms with van der Waals surface area (Å²) >= 11 is 0. The van der Waals surface area contributed by atoms with E-state index in [1.54, 1.807) is 13.0 Å². The number of pyridine rings is 1. The first-order valence-corrected chi connectivity index (χ1v) is 4.05. The molecular weight excluding hydrogens is 171 g/mol. The number of rotatable bonds is 3. The van der Waals surface area contributed by atoms with E-state index in [4.69, 9.17) is 10.8 Å². The van der Waals surface area contributed by atoms with Crippen molar-refractivity contribution in [1.29, 1.82) is 0 Å². The van der Waals surface area contributed by atoms with Gasteiger partial charge in [0, 0.05) is 23.7 Å². The van der Waals surface area contributed by atoms with Crippen LogP contribution >= 0.6 is 0 Å². The van der Waals surface area contributed by atoms with E-state index in [-0.39, 0.29) is 13.2 Å². The summed E-state index contributed by atoms with van der Waals surface area (Å²) in [6.07, 6.45) is 2.61. The maximum atomic E-state index is 13.2. The molecule has 1 rings (SSSR count). The number of nitrogens with zero attached hydrogens (tertiary/aromatic N) is 1. The third-order valence-corrected chi connectivity index (χ3v) is 2.22. The molecule has 1 aromatic rings. The predicted octanol–water partition coefficient (Wildman–Crippen LogP) is 0.429. The minimum atomic E-state index is -0.715. The van der Waals surface area contributed by atoms with E-state index in [1.807, 2.05) is 0 Å². The van der Waals surface area contributed by atoms with Gasteiger partial charge in [0.1, 0.15) is 5.82 Å². The lowest BCUT2D eigenvalue weighted by molar-refractivity contribution is 0.206. The fourth-order valence-electron chi connectivity index (χ4n) is 1.12. The van der Waals surface area contributed by atoms with Crippen LogP contribution in [-0.4, -0.2) is 23.2 Å². The first kappa shape index (κ1) is 10.1. The second-order valence-electron chi connectivity index (χ2n) is 3.28. The van der Waals surface area contributed by atoms with Gasteiger partial charge in [-0.05, 0) is 6.07 Å². The zero-order chi connectivity index (χ0) is 9.90. The highest BCUT2D eigenvalue weighted by Gasteiger charge is 2.27. The Labute approximate surface area is 76.4 Å². The average molecular weight is 184 g/mol. The van der Waals surface area contributed by atoms with Crippen LogP contribution in [0.25, 0.3) is 0 Å². The normalized spacial score (nSPS) is 15.4. The summed E-state index contributed by atoms with van der Waals surface area (Å²) < 4.78 is 13.2. The van der Waals surface area contributed by atoms with E-state index in [0.29, 0.717) is 5.56 Å². The standard InChI is InChI=1S/C9H13FN2O/c1-9(5-11,6-13)7-2-3-12-4-8(7)10/h2-4,13H,5-6,11H2,1H3. The highest BCUT2D eigenvalue weighted by Crippen LogP contribution is 2.23. The molecule has 13 heavy (non-hydrogen) atoms. The number of aliphatic hydroxyl groups excluding tert-OH is 1. The molecule has 0 amide bonds. The monoisotopic (exact) mass is 184 g/mol. The Morgan fingerprint density at radius 3 is 2.85 bits per heavy atom. The summed E-state index contributed by atoms with van der Waals surface area (Å²) in [7, 11) is 0. The van der Waals surface area contributed by atoms with Crippen molar-refractivity contribution in [2.24, 2.45) is 5.73 Å². The lowest BCUT2D eigenvalue weighted by atomic mass is 9.84. The summed E-state index contributed by atoms with van der Waals surface area (Å²) in [5, 5.41) is 9.10. The van der Waals surface area contributed by atoms with E-state index in [9.17, 15) is 4.39 Å². The molecule has 1 heterocycles. The maximum absolute atomic E-state index is 13.2. The van der Waals surface area contributed by atoms with Crippen LogP contribution in [-0.2, 0) is 5.41 Å². The first-order valence-electron chi connectivity index (χ1n) is 4.05. The molecule has 0 radical (unpaired) electrons. The Balaban J connectivity index is 3.12. The molecule has 1 unspecified atom stereocenters. The van der Waals surface area contributed by atoms with Crippen LogP contribution in [0.1, 0.15) is 12.5 Å².